The highest BCUT2D eigenvalue weighted by atomic mass is 16.3. The van der Waals surface area contributed by atoms with Crippen molar-refractivity contribution in [3.05, 3.63) is 23.8 Å². The number of aliphatic imine (C=N–C) groups is 1. The average molecular weight is 137 g/mol. The van der Waals surface area contributed by atoms with E-state index in [4.69, 9.17) is 5.11 Å². The van der Waals surface area contributed by atoms with Gasteiger partial charge in [-0.3, -0.25) is 4.99 Å². The molecule has 1 aliphatic rings. The van der Waals surface area contributed by atoms with Crippen molar-refractivity contribution in [2.45, 2.75) is 12.5 Å². The van der Waals surface area contributed by atoms with Gasteiger partial charge >= 0.3 is 0 Å². The van der Waals surface area contributed by atoms with Gasteiger partial charge < -0.3 is 5.11 Å². The maximum atomic E-state index is 9.02. The number of aliphatic hydroxyl groups excluding tert-OH is 1. The zero-order valence-corrected chi connectivity index (χ0v) is 5.99. The minimum atomic E-state index is -0.297. The maximum Gasteiger partial charge on any atom is 0.0758 e. The van der Waals surface area contributed by atoms with E-state index in [2.05, 4.69) is 4.99 Å². The predicted octanol–water partition coefficient (Wildman–Crippen LogP) is 0.934. The molecule has 0 radical (unpaired) electrons. The van der Waals surface area contributed by atoms with E-state index >= 15 is 0 Å². The van der Waals surface area contributed by atoms with Crippen LogP contribution in [0.1, 0.15) is 6.42 Å². The van der Waals surface area contributed by atoms with Gasteiger partial charge in [0.15, 0.2) is 0 Å². The van der Waals surface area contributed by atoms with Crippen LogP contribution in [-0.4, -0.2) is 24.5 Å². The highest BCUT2D eigenvalue weighted by Crippen LogP contribution is 2.07. The highest BCUT2D eigenvalue weighted by Gasteiger charge is 2.01. The summed E-state index contributed by atoms with van der Waals surface area (Å²) in [6.45, 7) is 0. The van der Waals surface area contributed by atoms with Gasteiger partial charge in [-0.2, -0.15) is 0 Å². The van der Waals surface area contributed by atoms with Crippen LogP contribution < -0.4 is 0 Å². The number of allylic oxidation sites excluding steroid dienone is 2. The summed E-state index contributed by atoms with van der Waals surface area (Å²) >= 11 is 0. The van der Waals surface area contributed by atoms with Crippen LogP contribution in [0.5, 0.6) is 0 Å². The molecule has 1 atom stereocenters. The van der Waals surface area contributed by atoms with Crippen LogP contribution in [0, 0.1) is 0 Å². The van der Waals surface area contributed by atoms with Crippen LogP contribution in [0.15, 0.2) is 28.8 Å². The van der Waals surface area contributed by atoms with Crippen molar-refractivity contribution >= 4 is 6.21 Å². The largest absolute Gasteiger partial charge is 0.389 e. The van der Waals surface area contributed by atoms with Crippen LogP contribution >= 0.6 is 0 Å². The summed E-state index contributed by atoms with van der Waals surface area (Å²) in [4.78, 5) is 3.86. The molecule has 0 aliphatic heterocycles. The molecule has 0 amide bonds. The van der Waals surface area contributed by atoms with Gasteiger partial charge in [-0.1, -0.05) is 18.2 Å². The van der Waals surface area contributed by atoms with Crippen molar-refractivity contribution in [3.8, 4) is 0 Å². The lowest BCUT2D eigenvalue weighted by atomic mass is 10.1. The number of nitrogens with zero attached hydrogens (tertiary/aromatic N) is 1. The first kappa shape index (κ1) is 7.22. The van der Waals surface area contributed by atoms with Gasteiger partial charge in [-0.15, -0.1) is 0 Å². The second kappa shape index (κ2) is 3.32. The quantitative estimate of drug-likeness (QED) is 0.536. The molecule has 1 N–H and O–H groups in total. The molecule has 0 heterocycles. The molecule has 1 aliphatic carbocycles. The number of rotatable bonds is 1. The Kier molecular flexibility index (Phi) is 2.40. The molecule has 0 aromatic heterocycles. The Labute approximate surface area is 60.6 Å². The molecule has 0 aromatic rings. The first-order valence-corrected chi connectivity index (χ1v) is 3.31. The lowest BCUT2D eigenvalue weighted by Crippen LogP contribution is -2.04. The summed E-state index contributed by atoms with van der Waals surface area (Å²) in [5.74, 6) is 0. The van der Waals surface area contributed by atoms with Gasteiger partial charge in [0.1, 0.15) is 0 Å². The molecular formula is C8H11NO. The van der Waals surface area contributed by atoms with Gasteiger partial charge in [-0.25, -0.2) is 0 Å². The zero-order valence-electron chi connectivity index (χ0n) is 5.99. The fraction of sp³-hybridized carbons (Fsp3) is 0.375. The Morgan fingerprint density at radius 2 is 2.60 bits per heavy atom. The van der Waals surface area contributed by atoms with E-state index < -0.39 is 0 Å². The van der Waals surface area contributed by atoms with Crippen molar-refractivity contribution in [1.29, 1.82) is 0 Å². The molecule has 0 fully saturated rings. The summed E-state index contributed by atoms with van der Waals surface area (Å²) in [6.07, 6.45) is 7.81. The molecule has 0 aromatic carbocycles. The molecule has 0 saturated heterocycles. The van der Waals surface area contributed by atoms with Crippen molar-refractivity contribution in [2.75, 3.05) is 7.05 Å². The van der Waals surface area contributed by atoms with Crippen molar-refractivity contribution in [1.82, 2.24) is 0 Å². The van der Waals surface area contributed by atoms with Crippen LogP contribution in [-0.2, 0) is 0 Å². The molecule has 0 spiro atoms. The molecule has 2 nitrogen and oxygen atoms in total. The van der Waals surface area contributed by atoms with Gasteiger partial charge in [-0.05, 0) is 12.0 Å². The molecular weight excluding hydrogens is 126 g/mol. The van der Waals surface area contributed by atoms with Crippen molar-refractivity contribution in [2.24, 2.45) is 4.99 Å². The summed E-state index contributed by atoms with van der Waals surface area (Å²) in [5, 5.41) is 9.02. The minimum absolute atomic E-state index is 0.297. The lowest BCUT2D eigenvalue weighted by molar-refractivity contribution is 0.225. The van der Waals surface area contributed by atoms with Crippen LogP contribution in [0.4, 0.5) is 0 Å². The van der Waals surface area contributed by atoms with Crippen LogP contribution in [0.3, 0.4) is 0 Å². The fourth-order valence-corrected chi connectivity index (χ4v) is 0.870. The highest BCUT2D eigenvalue weighted by molar-refractivity contribution is 5.82. The minimum Gasteiger partial charge on any atom is -0.389 e. The van der Waals surface area contributed by atoms with E-state index in [9.17, 15) is 0 Å². The van der Waals surface area contributed by atoms with E-state index in [1.54, 1.807) is 19.3 Å². The van der Waals surface area contributed by atoms with Gasteiger partial charge in [0.2, 0.25) is 0 Å². The Bertz CT molecular complexity index is 191. The predicted molar refractivity (Wildman–Crippen MR) is 42.3 cm³/mol. The number of aliphatic hydroxyl groups is 1. The molecule has 2 heteroatoms. The maximum absolute atomic E-state index is 9.02. The topological polar surface area (TPSA) is 32.6 Å². The summed E-state index contributed by atoms with van der Waals surface area (Å²) in [5.41, 5.74) is 1.08. The summed E-state index contributed by atoms with van der Waals surface area (Å²) in [7, 11) is 1.74. The molecule has 1 rings (SSSR count). The molecule has 0 bridgehead atoms. The normalized spacial score (nSPS) is 25.4. The Balaban J connectivity index is 2.58. The standard InChI is InChI=1S/C8H11NO/c1-9-6-7-2-4-8(10)5-3-7/h2-4,6,8,10H,5H2,1H3. The monoisotopic (exact) mass is 137 g/mol. The smallest absolute Gasteiger partial charge is 0.0758 e. The second-order valence-corrected chi connectivity index (χ2v) is 2.25. The fourth-order valence-electron chi connectivity index (χ4n) is 0.870. The third-order valence-corrected chi connectivity index (χ3v) is 1.38. The Morgan fingerprint density at radius 3 is 3.10 bits per heavy atom. The lowest BCUT2D eigenvalue weighted by Gasteiger charge is -2.06. The van der Waals surface area contributed by atoms with E-state index in [1.165, 1.54) is 0 Å². The van der Waals surface area contributed by atoms with E-state index in [1.807, 2.05) is 12.2 Å². The number of hydrogen-bond acceptors (Lipinski definition) is 2. The summed E-state index contributed by atoms with van der Waals surface area (Å²) < 4.78 is 0. The third kappa shape index (κ3) is 1.81. The SMILES string of the molecule is CN=CC1=CCC(O)C=C1. The van der Waals surface area contributed by atoms with Crippen LogP contribution in [0.25, 0.3) is 0 Å². The Hall–Kier alpha value is -0.890. The first-order chi connectivity index (χ1) is 4.83. The Morgan fingerprint density at radius 1 is 1.80 bits per heavy atom. The van der Waals surface area contributed by atoms with Gasteiger partial charge in [0.25, 0.3) is 0 Å². The van der Waals surface area contributed by atoms with Crippen molar-refractivity contribution < 1.29 is 5.11 Å². The summed E-state index contributed by atoms with van der Waals surface area (Å²) in [6, 6.07) is 0. The second-order valence-electron chi connectivity index (χ2n) is 2.25. The first-order valence-electron chi connectivity index (χ1n) is 3.31. The van der Waals surface area contributed by atoms with Crippen molar-refractivity contribution in [3.63, 3.8) is 0 Å². The van der Waals surface area contributed by atoms with Crippen LogP contribution in [0.2, 0.25) is 0 Å². The molecule has 0 saturated carbocycles. The average Bonchev–Trinajstić information content (AvgIpc) is 1.95. The van der Waals surface area contributed by atoms with E-state index in [-0.39, 0.29) is 6.10 Å². The zero-order chi connectivity index (χ0) is 7.40. The third-order valence-electron chi connectivity index (χ3n) is 1.38. The van der Waals surface area contributed by atoms with Gasteiger partial charge in [0, 0.05) is 13.3 Å². The van der Waals surface area contributed by atoms with E-state index in [0.29, 0.717) is 6.42 Å². The van der Waals surface area contributed by atoms with E-state index in [0.717, 1.165) is 5.57 Å². The van der Waals surface area contributed by atoms with Gasteiger partial charge in [0.05, 0.1) is 6.10 Å². The molecule has 1 unspecified atom stereocenters. The number of hydrogen-bond donors (Lipinski definition) is 1. The molecule has 10 heavy (non-hydrogen) atoms. The molecule has 54 valence electrons.